The van der Waals surface area contributed by atoms with Crippen LogP contribution in [0.25, 0.3) is 11.1 Å². The third kappa shape index (κ3) is 4.93. The molecule has 7 heteroatoms. The highest BCUT2D eigenvalue weighted by molar-refractivity contribution is 5.87. The lowest BCUT2D eigenvalue weighted by atomic mass is 9.98. The Hall–Kier alpha value is -3.35. The van der Waals surface area contributed by atoms with Crippen molar-refractivity contribution in [1.29, 1.82) is 0 Å². The minimum Gasteiger partial charge on any atom is -0.481 e. The molecule has 0 aromatic heterocycles. The Bertz CT molecular complexity index is 1050. The van der Waals surface area contributed by atoms with Crippen molar-refractivity contribution in [1.82, 2.24) is 10.2 Å². The molecule has 5 rings (SSSR count). The summed E-state index contributed by atoms with van der Waals surface area (Å²) >= 11 is 0. The summed E-state index contributed by atoms with van der Waals surface area (Å²) in [7, 11) is 0. The minimum absolute atomic E-state index is 0.0461. The number of hydrogen-bond donors (Lipinski definition) is 2. The highest BCUT2D eigenvalue weighted by Crippen LogP contribution is 2.44. The Balaban J connectivity index is 1.24. The second-order valence-corrected chi connectivity index (χ2v) is 9.66. The molecular weight excluding hydrogens is 432 g/mol. The normalized spacial score (nSPS) is 17.4. The molecule has 2 saturated carbocycles. The van der Waals surface area contributed by atoms with Crippen LogP contribution in [0.3, 0.4) is 0 Å². The molecule has 3 aliphatic carbocycles. The Kier molecular flexibility index (Phi) is 6.26. The molecule has 178 valence electrons. The van der Waals surface area contributed by atoms with Crippen LogP contribution >= 0.6 is 0 Å². The van der Waals surface area contributed by atoms with Crippen LogP contribution in [0.2, 0.25) is 0 Å². The maximum atomic E-state index is 13.3. The molecule has 0 heterocycles. The molecule has 3 aliphatic rings. The number of aliphatic carboxylic acids is 1. The van der Waals surface area contributed by atoms with Crippen molar-refractivity contribution in [3.05, 3.63) is 59.7 Å². The Morgan fingerprint density at radius 2 is 1.59 bits per heavy atom. The maximum Gasteiger partial charge on any atom is 0.407 e. The minimum atomic E-state index is -0.930. The van der Waals surface area contributed by atoms with E-state index in [9.17, 15) is 14.4 Å². The fourth-order valence-corrected chi connectivity index (χ4v) is 4.91. The van der Waals surface area contributed by atoms with Gasteiger partial charge in [0.1, 0.15) is 12.6 Å². The van der Waals surface area contributed by atoms with Gasteiger partial charge in [-0.05, 0) is 59.8 Å². The van der Waals surface area contributed by atoms with Gasteiger partial charge in [-0.3, -0.25) is 9.59 Å². The van der Waals surface area contributed by atoms with Gasteiger partial charge in [0, 0.05) is 19.0 Å². The lowest BCUT2D eigenvalue weighted by molar-refractivity contribution is -0.139. The van der Waals surface area contributed by atoms with Crippen LogP contribution in [0, 0.1) is 11.8 Å². The summed E-state index contributed by atoms with van der Waals surface area (Å²) in [6.07, 6.45) is 3.17. The van der Waals surface area contributed by atoms with Crippen LogP contribution < -0.4 is 5.32 Å². The van der Waals surface area contributed by atoms with E-state index in [0.29, 0.717) is 12.5 Å². The highest BCUT2D eigenvalue weighted by Gasteiger charge is 2.41. The molecule has 0 radical (unpaired) electrons. The van der Waals surface area contributed by atoms with Crippen molar-refractivity contribution in [2.24, 2.45) is 11.8 Å². The van der Waals surface area contributed by atoms with Gasteiger partial charge < -0.3 is 20.1 Å². The quantitative estimate of drug-likeness (QED) is 0.556. The zero-order valence-corrected chi connectivity index (χ0v) is 19.1. The molecular formula is C27H30N2O5. The monoisotopic (exact) mass is 462 g/mol. The van der Waals surface area contributed by atoms with E-state index < -0.39 is 18.1 Å². The number of hydrogen-bond acceptors (Lipinski definition) is 4. The summed E-state index contributed by atoms with van der Waals surface area (Å²) < 4.78 is 5.65. The Labute approximate surface area is 199 Å². The van der Waals surface area contributed by atoms with Gasteiger partial charge in [0.25, 0.3) is 0 Å². The first-order valence-electron chi connectivity index (χ1n) is 12.1. The van der Waals surface area contributed by atoms with Gasteiger partial charge in [-0.2, -0.15) is 0 Å². The number of amides is 2. The van der Waals surface area contributed by atoms with Gasteiger partial charge in [-0.15, -0.1) is 0 Å². The van der Waals surface area contributed by atoms with Gasteiger partial charge in [0.05, 0.1) is 6.42 Å². The fraction of sp³-hybridized carbons (Fsp3) is 0.444. The van der Waals surface area contributed by atoms with E-state index >= 15 is 0 Å². The van der Waals surface area contributed by atoms with Crippen molar-refractivity contribution < 1.29 is 24.2 Å². The Morgan fingerprint density at radius 1 is 0.971 bits per heavy atom. The molecule has 0 saturated heterocycles. The molecule has 7 nitrogen and oxygen atoms in total. The van der Waals surface area contributed by atoms with E-state index in [1.807, 2.05) is 24.3 Å². The summed E-state index contributed by atoms with van der Waals surface area (Å²) in [5.74, 6) is -0.646. The van der Waals surface area contributed by atoms with E-state index in [-0.39, 0.29) is 37.3 Å². The number of carbonyl (C=O) groups excluding carboxylic acids is 2. The third-order valence-corrected chi connectivity index (χ3v) is 7.06. The van der Waals surface area contributed by atoms with Crippen LogP contribution in [0.1, 0.15) is 49.1 Å². The second-order valence-electron chi connectivity index (χ2n) is 9.66. The van der Waals surface area contributed by atoms with Crippen molar-refractivity contribution >= 4 is 18.0 Å². The van der Waals surface area contributed by atoms with Gasteiger partial charge in [0.2, 0.25) is 5.91 Å². The number of nitrogens with one attached hydrogen (secondary N) is 1. The molecule has 34 heavy (non-hydrogen) atoms. The van der Waals surface area contributed by atoms with E-state index in [1.54, 1.807) is 4.90 Å². The lowest BCUT2D eigenvalue weighted by Gasteiger charge is -2.27. The maximum absolute atomic E-state index is 13.3. The fourth-order valence-electron chi connectivity index (χ4n) is 4.91. The first-order chi connectivity index (χ1) is 16.5. The molecule has 2 aromatic rings. The van der Waals surface area contributed by atoms with E-state index in [4.69, 9.17) is 9.84 Å². The summed E-state index contributed by atoms with van der Waals surface area (Å²) in [6, 6.07) is 15.6. The van der Waals surface area contributed by atoms with Crippen molar-refractivity contribution in [3.8, 4) is 11.1 Å². The third-order valence-electron chi connectivity index (χ3n) is 7.06. The number of carboxylic acids is 1. The van der Waals surface area contributed by atoms with Crippen molar-refractivity contribution in [2.75, 3.05) is 19.7 Å². The molecule has 0 aliphatic heterocycles. The number of ether oxygens (including phenoxy) is 1. The largest absolute Gasteiger partial charge is 0.481 e. The van der Waals surface area contributed by atoms with Crippen LogP contribution in [-0.4, -0.2) is 53.7 Å². The predicted octanol–water partition coefficient (Wildman–Crippen LogP) is 4.02. The second kappa shape index (κ2) is 9.49. The number of nitrogens with zero attached hydrogens (tertiary/aromatic N) is 1. The zero-order valence-electron chi connectivity index (χ0n) is 19.1. The van der Waals surface area contributed by atoms with Gasteiger partial charge in [0.15, 0.2) is 0 Å². The molecule has 1 atom stereocenters. The van der Waals surface area contributed by atoms with E-state index in [2.05, 4.69) is 29.6 Å². The van der Waals surface area contributed by atoms with Crippen LogP contribution in [0.4, 0.5) is 4.79 Å². The average Bonchev–Trinajstić information content (AvgIpc) is 3.76. The molecule has 2 fully saturated rings. The number of fused-ring (bicyclic) bond motifs is 3. The Morgan fingerprint density at radius 3 is 2.15 bits per heavy atom. The zero-order chi connectivity index (χ0) is 23.7. The molecule has 2 amide bonds. The topological polar surface area (TPSA) is 95.9 Å². The summed E-state index contributed by atoms with van der Waals surface area (Å²) in [6.45, 7) is 0.915. The lowest BCUT2D eigenvalue weighted by Crippen LogP contribution is -2.51. The number of rotatable bonds is 10. The number of carbonyl (C=O) groups is 3. The first kappa shape index (κ1) is 22.4. The molecule has 1 unspecified atom stereocenters. The average molecular weight is 463 g/mol. The smallest absolute Gasteiger partial charge is 0.407 e. The van der Waals surface area contributed by atoms with Gasteiger partial charge in [-0.25, -0.2) is 4.79 Å². The summed E-state index contributed by atoms with van der Waals surface area (Å²) in [4.78, 5) is 38.8. The number of alkyl carbamates (subject to hydrolysis) is 1. The van der Waals surface area contributed by atoms with Crippen LogP contribution in [0.5, 0.6) is 0 Å². The van der Waals surface area contributed by atoms with Crippen molar-refractivity contribution in [3.63, 3.8) is 0 Å². The van der Waals surface area contributed by atoms with Crippen LogP contribution in [0.15, 0.2) is 48.5 Å². The van der Waals surface area contributed by atoms with Gasteiger partial charge >= 0.3 is 12.1 Å². The SMILES string of the molecule is O=C(O)CCN(CC1CC1)C(=O)C(NC(=O)OCC1c2ccccc2-c2ccccc21)C1CC1. The van der Waals surface area contributed by atoms with E-state index in [1.165, 1.54) is 0 Å². The van der Waals surface area contributed by atoms with Crippen molar-refractivity contribution in [2.45, 2.75) is 44.1 Å². The molecule has 0 bridgehead atoms. The predicted molar refractivity (Wildman–Crippen MR) is 126 cm³/mol. The number of benzene rings is 2. The number of carboxylic acid groups (broad SMARTS) is 1. The molecule has 2 N–H and O–H groups in total. The standard InChI is InChI=1S/C27H30N2O5/c30-24(31)13-14-29(15-17-9-10-17)26(32)25(18-11-12-18)28-27(33)34-16-23-21-7-3-1-5-19(21)20-6-2-4-8-22(20)23/h1-8,17-18,23,25H,9-16H2,(H,28,33)(H,30,31). The summed E-state index contributed by atoms with van der Waals surface area (Å²) in [5.41, 5.74) is 4.59. The summed E-state index contributed by atoms with van der Waals surface area (Å²) in [5, 5.41) is 11.9. The van der Waals surface area contributed by atoms with Gasteiger partial charge in [-0.1, -0.05) is 48.5 Å². The molecule has 0 spiro atoms. The van der Waals surface area contributed by atoms with E-state index in [0.717, 1.165) is 47.9 Å². The van der Waals surface area contributed by atoms with Crippen LogP contribution in [-0.2, 0) is 14.3 Å². The first-order valence-corrected chi connectivity index (χ1v) is 12.1. The highest BCUT2D eigenvalue weighted by atomic mass is 16.5. The molecule has 2 aromatic carbocycles.